The van der Waals surface area contributed by atoms with Gasteiger partial charge < -0.3 is 15.5 Å². The first-order valence-corrected chi connectivity index (χ1v) is 12.0. The number of fused-ring (bicyclic) bond motifs is 1. The fraction of sp³-hybridized carbons (Fsp3) is 0.542. The molecule has 1 aromatic carbocycles. The number of nitrogens with zero attached hydrogens (tertiary/aromatic N) is 4. The molecule has 3 fully saturated rings. The van der Waals surface area contributed by atoms with Gasteiger partial charge in [0.15, 0.2) is 5.82 Å². The molecular formula is C24H28ClFN6. The van der Waals surface area contributed by atoms with E-state index >= 15 is 0 Å². The molecule has 2 saturated heterocycles. The van der Waals surface area contributed by atoms with Gasteiger partial charge in [-0.3, -0.25) is 0 Å². The smallest absolute Gasteiger partial charge is 0.229 e. The van der Waals surface area contributed by atoms with Crippen molar-refractivity contribution in [3.05, 3.63) is 40.3 Å². The van der Waals surface area contributed by atoms with Crippen LogP contribution < -0.4 is 10.6 Å². The summed E-state index contributed by atoms with van der Waals surface area (Å²) in [5, 5.41) is 16.3. The lowest BCUT2D eigenvalue weighted by molar-refractivity contribution is 0.0649. The number of benzene rings is 1. The number of anilines is 3. The first kappa shape index (κ1) is 21.4. The Morgan fingerprint density at radius 1 is 1.16 bits per heavy atom. The van der Waals surface area contributed by atoms with Gasteiger partial charge in [-0.15, -0.1) is 0 Å². The maximum atomic E-state index is 14.7. The van der Waals surface area contributed by atoms with Crippen molar-refractivity contribution >= 4 is 29.1 Å². The van der Waals surface area contributed by atoms with E-state index in [1.807, 2.05) is 0 Å². The molecule has 168 valence electrons. The van der Waals surface area contributed by atoms with Crippen LogP contribution in [0.1, 0.15) is 62.0 Å². The standard InChI is InChI=1S/C24H28ClFN6/c25-19-14-29-24(30-21-10-17(12-27)18(11-20(21)26)15-6-7-15)31-23(19)28-13-16-4-3-9-32-8-2-1-5-22(16)32/h10-11,14-16,22H,1-9,13H2,(H2,28,29,30,31). The summed E-state index contributed by atoms with van der Waals surface area (Å²) in [6.45, 7) is 3.22. The van der Waals surface area contributed by atoms with Gasteiger partial charge in [0.05, 0.1) is 23.5 Å². The summed E-state index contributed by atoms with van der Waals surface area (Å²) in [6.07, 6.45) is 9.83. The lowest BCUT2D eigenvalue weighted by atomic mass is 9.83. The predicted octanol–water partition coefficient (Wildman–Crippen LogP) is 5.44. The van der Waals surface area contributed by atoms with Gasteiger partial charge in [-0.05, 0) is 81.1 Å². The van der Waals surface area contributed by atoms with Crippen LogP contribution in [0, 0.1) is 23.1 Å². The Kier molecular flexibility index (Phi) is 6.16. The third-order valence-electron chi connectivity index (χ3n) is 7.03. The average molecular weight is 455 g/mol. The molecule has 2 N–H and O–H groups in total. The van der Waals surface area contributed by atoms with Gasteiger partial charge in [-0.1, -0.05) is 18.0 Å². The molecule has 2 aliphatic heterocycles. The zero-order valence-corrected chi connectivity index (χ0v) is 18.8. The van der Waals surface area contributed by atoms with Crippen molar-refractivity contribution in [2.24, 2.45) is 5.92 Å². The summed E-state index contributed by atoms with van der Waals surface area (Å²) in [4.78, 5) is 11.3. The highest BCUT2D eigenvalue weighted by Crippen LogP contribution is 2.43. The molecule has 6 nitrogen and oxygen atoms in total. The van der Waals surface area contributed by atoms with Gasteiger partial charge in [0.1, 0.15) is 10.8 Å². The first-order valence-electron chi connectivity index (χ1n) is 11.6. The molecule has 1 aliphatic carbocycles. The normalized spacial score (nSPS) is 23.3. The van der Waals surface area contributed by atoms with Crippen LogP contribution in [0.3, 0.4) is 0 Å². The van der Waals surface area contributed by atoms with Gasteiger partial charge in [-0.2, -0.15) is 10.2 Å². The predicted molar refractivity (Wildman–Crippen MR) is 124 cm³/mol. The van der Waals surface area contributed by atoms with Crippen molar-refractivity contribution in [3.8, 4) is 6.07 Å². The van der Waals surface area contributed by atoms with E-state index < -0.39 is 5.82 Å². The van der Waals surface area contributed by atoms with Crippen LogP contribution in [0.2, 0.25) is 5.02 Å². The Bertz CT molecular complexity index is 1030. The molecule has 0 spiro atoms. The van der Waals surface area contributed by atoms with Crippen molar-refractivity contribution in [2.45, 2.75) is 56.9 Å². The number of aromatic nitrogens is 2. The van der Waals surface area contributed by atoms with E-state index in [1.165, 1.54) is 57.5 Å². The lowest BCUT2D eigenvalue weighted by Gasteiger charge is -2.44. The van der Waals surface area contributed by atoms with Gasteiger partial charge in [-0.25, -0.2) is 9.37 Å². The van der Waals surface area contributed by atoms with E-state index in [4.69, 9.17) is 11.6 Å². The average Bonchev–Trinajstić information content (AvgIpc) is 3.66. The SMILES string of the molecule is N#Cc1cc(Nc2ncc(Cl)c(NCC3CCCN4CCCCC34)n2)c(F)cc1C1CC1. The van der Waals surface area contributed by atoms with Crippen LogP contribution in [0.15, 0.2) is 18.3 Å². The van der Waals surface area contributed by atoms with Crippen molar-refractivity contribution in [3.63, 3.8) is 0 Å². The molecule has 0 radical (unpaired) electrons. The zero-order chi connectivity index (χ0) is 22.1. The number of piperidine rings is 2. The molecule has 1 saturated carbocycles. The second-order valence-corrected chi connectivity index (χ2v) is 9.61. The van der Waals surface area contributed by atoms with E-state index in [2.05, 4.69) is 31.6 Å². The Hall–Kier alpha value is -2.43. The molecule has 2 unspecified atom stereocenters. The zero-order valence-electron chi connectivity index (χ0n) is 18.1. The first-order chi connectivity index (χ1) is 15.6. The second kappa shape index (κ2) is 9.21. The molecule has 3 aliphatic rings. The Morgan fingerprint density at radius 2 is 2.00 bits per heavy atom. The maximum Gasteiger partial charge on any atom is 0.229 e. The van der Waals surface area contributed by atoms with E-state index in [-0.39, 0.29) is 11.6 Å². The van der Waals surface area contributed by atoms with Crippen LogP contribution in [0.4, 0.5) is 21.8 Å². The van der Waals surface area contributed by atoms with Gasteiger partial charge >= 0.3 is 0 Å². The minimum atomic E-state index is -0.404. The monoisotopic (exact) mass is 454 g/mol. The van der Waals surface area contributed by atoms with E-state index in [1.54, 1.807) is 6.07 Å². The molecule has 1 aromatic heterocycles. The van der Waals surface area contributed by atoms with Gasteiger partial charge in [0, 0.05) is 12.6 Å². The summed E-state index contributed by atoms with van der Waals surface area (Å²) in [5.41, 5.74) is 1.49. The highest BCUT2D eigenvalue weighted by molar-refractivity contribution is 6.32. The Balaban J connectivity index is 1.29. The maximum absolute atomic E-state index is 14.7. The topological polar surface area (TPSA) is 76.9 Å². The number of halogens is 2. The third kappa shape index (κ3) is 4.53. The van der Waals surface area contributed by atoms with Crippen molar-refractivity contribution < 1.29 is 4.39 Å². The molecule has 2 aromatic rings. The Labute approximate surface area is 193 Å². The molecule has 8 heteroatoms. The van der Waals surface area contributed by atoms with Gasteiger partial charge in [0.25, 0.3) is 0 Å². The van der Waals surface area contributed by atoms with E-state index in [0.29, 0.717) is 34.3 Å². The molecule has 0 bridgehead atoms. The fourth-order valence-corrected chi connectivity index (χ4v) is 5.39. The van der Waals surface area contributed by atoms with Crippen molar-refractivity contribution in [2.75, 3.05) is 30.3 Å². The minimum absolute atomic E-state index is 0.198. The number of rotatable bonds is 6. The summed E-state index contributed by atoms with van der Waals surface area (Å²) < 4.78 is 14.7. The van der Waals surface area contributed by atoms with Crippen LogP contribution in [0.25, 0.3) is 0 Å². The van der Waals surface area contributed by atoms with Gasteiger partial charge in [0.2, 0.25) is 5.95 Å². The van der Waals surface area contributed by atoms with E-state index in [0.717, 1.165) is 24.9 Å². The van der Waals surface area contributed by atoms with Crippen LogP contribution in [0.5, 0.6) is 0 Å². The quantitative estimate of drug-likeness (QED) is 0.605. The molecule has 5 rings (SSSR count). The molecular weight excluding hydrogens is 427 g/mol. The lowest BCUT2D eigenvalue weighted by Crippen LogP contribution is -2.49. The molecule has 32 heavy (non-hydrogen) atoms. The molecule has 0 amide bonds. The summed E-state index contributed by atoms with van der Waals surface area (Å²) >= 11 is 6.35. The van der Waals surface area contributed by atoms with E-state index in [9.17, 15) is 9.65 Å². The number of hydrogen-bond donors (Lipinski definition) is 2. The highest BCUT2D eigenvalue weighted by atomic mass is 35.5. The summed E-state index contributed by atoms with van der Waals surface area (Å²) in [7, 11) is 0. The Morgan fingerprint density at radius 3 is 2.81 bits per heavy atom. The summed E-state index contributed by atoms with van der Waals surface area (Å²) in [5.74, 6) is 1.26. The number of nitrogens with one attached hydrogen (secondary N) is 2. The third-order valence-corrected chi connectivity index (χ3v) is 7.30. The summed E-state index contributed by atoms with van der Waals surface area (Å²) in [6, 6.07) is 5.83. The van der Waals surface area contributed by atoms with Crippen molar-refractivity contribution in [1.82, 2.24) is 14.9 Å². The number of hydrogen-bond acceptors (Lipinski definition) is 6. The largest absolute Gasteiger partial charge is 0.368 e. The second-order valence-electron chi connectivity index (χ2n) is 9.20. The van der Waals surface area contributed by atoms with Crippen molar-refractivity contribution in [1.29, 1.82) is 5.26 Å². The fourth-order valence-electron chi connectivity index (χ4n) is 5.23. The minimum Gasteiger partial charge on any atom is -0.368 e. The van der Waals surface area contributed by atoms with Crippen LogP contribution >= 0.6 is 11.6 Å². The highest BCUT2D eigenvalue weighted by Gasteiger charge is 2.33. The molecule has 2 atom stereocenters. The number of nitriles is 1. The van der Waals surface area contributed by atoms with Crippen LogP contribution in [-0.2, 0) is 0 Å². The molecule has 3 heterocycles. The van der Waals surface area contributed by atoms with Crippen LogP contribution in [-0.4, -0.2) is 40.5 Å².